The lowest BCUT2D eigenvalue weighted by atomic mass is 10.2. The number of halogens is 1. The number of carboxylic acids is 1. The minimum atomic E-state index is -0.965. The third-order valence-corrected chi connectivity index (χ3v) is 3.54. The highest BCUT2D eigenvalue weighted by atomic mass is 35.5. The van der Waals surface area contributed by atoms with Crippen molar-refractivity contribution in [2.75, 3.05) is 0 Å². The normalized spacial score (nSPS) is 11.4. The summed E-state index contributed by atoms with van der Waals surface area (Å²) in [5.74, 6) is -0.551. The molecular formula is C16H13ClN4O2. The summed E-state index contributed by atoms with van der Waals surface area (Å²) in [6, 6.07) is 10.7. The van der Waals surface area contributed by atoms with Gasteiger partial charge in [0.25, 0.3) is 0 Å². The van der Waals surface area contributed by atoms with E-state index in [9.17, 15) is 4.79 Å². The maximum absolute atomic E-state index is 11.0. The summed E-state index contributed by atoms with van der Waals surface area (Å²) >= 11 is 5.93. The van der Waals surface area contributed by atoms with Crippen molar-refractivity contribution in [2.24, 2.45) is 10.2 Å². The maximum Gasteiger partial charge on any atom is 0.309 e. The Morgan fingerprint density at radius 1 is 1.30 bits per heavy atom. The molecule has 0 aliphatic rings. The average molecular weight is 329 g/mol. The van der Waals surface area contributed by atoms with E-state index in [1.807, 2.05) is 19.1 Å². The lowest BCUT2D eigenvalue weighted by Gasteiger charge is -2.00. The number of rotatable bonds is 4. The maximum atomic E-state index is 11.0. The number of hydrogen-bond donors (Lipinski definition) is 1. The van der Waals surface area contributed by atoms with Crippen LogP contribution >= 0.6 is 11.6 Å². The van der Waals surface area contributed by atoms with Gasteiger partial charge in [-0.15, -0.1) is 10.2 Å². The molecule has 1 aromatic carbocycles. The van der Waals surface area contributed by atoms with Crippen molar-refractivity contribution >= 4 is 34.7 Å². The predicted molar refractivity (Wildman–Crippen MR) is 86.9 cm³/mol. The SMILES string of the molecule is Cc1cc(Cl)ccc1N=Nc1c(CC(=O)O)nc2ccccn12. The van der Waals surface area contributed by atoms with E-state index in [-0.39, 0.29) is 6.42 Å². The van der Waals surface area contributed by atoms with Crippen molar-refractivity contribution in [1.82, 2.24) is 9.38 Å². The van der Waals surface area contributed by atoms with Gasteiger partial charge >= 0.3 is 5.97 Å². The fourth-order valence-corrected chi connectivity index (χ4v) is 2.46. The fraction of sp³-hybridized carbons (Fsp3) is 0.125. The predicted octanol–water partition coefficient (Wildman–Crippen LogP) is 4.34. The largest absolute Gasteiger partial charge is 0.481 e. The monoisotopic (exact) mass is 328 g/mol. The van der Waals surface area contributed by atoms with Crippen LogP contribution in [0.25, 0.3) is 5.65 Å². The number of nitrogens with zero attached hydrogens (tertiary/aromatic N) is 4. The van der Waals surface area contributed by atoms with Gasteiger partial charge in [0.15, 0.2) is 5.82 Å². The number of imidazole rings is 1. The van der Waals surface area contributed by atoms with E-state index in [4.69, 9.17) is 16.7 Å². The molecule has 3 aromatic rings. The second-order valence-corrected chi connectivity index (χ2v) is 5.45. The quantitative estimate of drug-likeness (QED) is 0.723. The number of aliphatic carboxylic acids is 1. The molecule has 0 aliphatic heterocycles. The first-order valence-corrected chi connectivity index (χ1v) is 7.28. The lowest BCUT2D eigenvalue weighted by Crippen LogP contribution is -2.00. The van der Waals surface area contributed by atoms with Crippen LogP contribution < -0.4 is 0 Å². The summed E-state index contributed by atoms with van der Waals surface area (Å²) in [5.41, 5.74) is 2.56. The van der Waals surface area contributed by atoms with Crippen molar-refractivity contribution in [3.8, 4) is 0 Å². The summed E-state index contributed by atoms with van der Waals surface area (Å²) in [6.07, 6.45) is 1.56. The van der Waals surface area contributed by atoms with Crippen LogP contribution in [0.15, 0.2) is 52.8 Å². The summed E-state index contributed by atoms with van der Waals surface area (Å²) in [6.45, 7) is 1.88. The molecule has 0 atom stereocenters. The second-order valence-electron chi connectivity index (χ2n) is 5.01. The molecule has 0 amide bonds. The highest BCUT2D eigenvalue weighted by Gasteiger charge is 2.14. The Labute approximate surface area is 137 Å². The zero-order chi connectivity index (χ0) is 16.4. The van der Waals surface area contributed by atoms with Gasteiger partial charge in [0, 0.05) is 11.2 Å². The van der Waals surface area contributed by atoms with Gasteiger partial charge in [-0.1, -0.05) is 17.7 Å². The van der Waals surface area contributed by atoms with Crippen LogP contribution in [-0.4, -0.2) is 20.5 Å². The van der Waals surface area contributed by atoms with Gasteiger partial charge in [0.1, 0.15) is 5.65 Å². The molecule has 7 heteroatoms. The number of fused-ring (bicyclic) bond motifs is 1. The first kappa shape index (κ1) is 15.2. The van der Waals surface area contributed by atoms with E-state index in [0.29, 0.717) is 27.9 Å². The highest BCUT2D eigenvalue weighted by molar-refractivity contribution is 6.30. The van der Waals surface area contributed by atoms with Crippen LogP contribution in [0.1, 0.15) is 11.3 Å². The number of carbonyl (C=O) groups is 1. The zero-order valence-electron chi connectivity index (χ0n) is 12.3. The number of hydrogen-bond acceptors (Lipinski definition) is 4. The third-order valence-electron chi connectivity index (χ3n) is 3.30. The Bertz CT molecular complexity index is 918. The molecule has 1 N–H and O–H groups in total. The number of azo groups is 1. The highest BCUT2D eigenvalue weighted by Crippen LogP contribution is 2.27. The standard InChI is InChI=1S/C16H13ClN4O2/c1-10-8-11(17)5-6-12(10)19-20-16-13(9-15(22)23)18-14-4-2-3-7-21(14)16/h2-8H,9H2,1H3,(H,22,23). The second kappa shape index (κ2) is 6.18. The number of benzene rings is 1. The number of aromatic nitrogens is 2. The van der Waals surface area contributed by atoms with Gasteiger partial charge in [0.2, 0.25) is 0 Å². The van der Waals surface area contributed by atoms with Crippen LogP contribution in [0, 0.1) is 6.92 Å². The molecule has 0 bridgehead atoms. The summed E-state index contributed by atoms with van der Waals surface area (Å²) in [5, 5.41) is 18.1. The molecule has 6 nitrogen and oxygen atoms in total. The molecule has 116 valence electrons. The molecule has 0 saturated heterocycles. The fourth-order valence-electron chi connectivity index (χ4n) is 2.23. The van der Waals surface area contributed by atoms with E-state index in [2.05, 4.69) is 15.2 Å². The first-order valence-electron chi connectivity index (χ1n) is 6.90. The third kappa shape index (κ3) is 3.22. The summed E-state index contributed by atoms with van der Waals surface area (Å²) in [4.78, 5) is 15.3. The van der Waals surface area contributed by atoms with Crippen LogP contribution in [-0.2, 0) is 11.2 Å². The van der Waals surface area contributed by atoms with Crippen molar-refractivity contribution in [2.45, 2.75) is 13.3 Å². The van der Waals surface area contributed by atoms with Crippen LogP contribution in [0.4, 0.5) is 11.5 Å². The Balaban J connectivity index is 2.07. The van der Waals surface area contributed by atoms with Gasteiger partial charge in [-0.05, 0) is 42.8 Å². The molecule has 0 spiro atoms. The number of aryl methyl sites for hydroxylation is 1. The minimum absolute atomic E-state index is 0.213. The smallest absolute Gasteiger partial charge is 0.309 e. The van der Waals surface area contributed by atoms with Gasteiger partial charge in [0.05, 0.1) is 17.8 Å². The molecule has 0 unspecified atom stereocenters. The molecule has 0 radical (unpaired) electrons. The molecule has 2 aromatic heterocycles. The topological polar surface area (TPSA) is 79.3 Å². The van der Waals surface area contributed by atoms with Crippen LogP contribution in [0.3, 0.4) is 0 Å². The van der Waals surface area contributed by atoms with Crippen molar-refractivity contribution < 1.29 is 9.90 Å². The molecule has 0 aliphatic carbocycles. The summed E-state index contributed by atoms with van der Waals surface area (Å²) in [7, 11) is 0. The average Bonchev–Trinajstić information content (AvgIpc) is 2.83. The lowest BCUT2D eigenvalue weighted by molar-refractivity contribution is -0.136. The Kier molecular flexibility index (Phi) is 4.08. The Morgan fingerprint density at radius 3 is 2.87 bits per heavy atom. The molecule has 0 saturated carbocycles. The molecule has 0 fully saturated rings. The van der Waals surface area contributed by atoms with E-state index >= 15 is 0 Å². The van der Waals surface area contributed by atoms with Gasteiger partial charge < -0.3 is 5.11 Å². The van der Waals surface area contributed by atoms with Gasteiger partial charge in [-0.2, -0.15) is 0 Å². The van der Waals surface area contributed by atoms with Crippen LogP contribution in [0.2, 0.25) is 5.02 Å². The number of carboxylic acid groups (broad SMARTS) is 1. The molecule has 2 heterocycles. The van der Waals surface area contributed by atoms with E-state index in [1.54, 1.807) is 34.9 Å². The number of pyridine rings is 1. The molecule has 23 heavy (non-hydrogen) atoms. The Morgan fingerprint density at radius 2 is 2.13 bits per heavy atom. The molecular weight excluding hydrogens is 316 g/mol. The van der Waals surface area contributed by atoms with Crippen molar-refractivity contribution in [1.29, 1.82) is 0 Å². The van der Waals surface area contributed by atoms with Gasteiger partial charge in [-0.3, -0.25) is 9.20 Å². The zero-order valence-corrected chi connectivity index (χ0v) is 13.0. The summed E-state index contributed by atoms with van der Waals surface area (Å²) < 4.78 is 1.72. The van der Waals surface area contributed by atoms with E-state index in [0.717, 1.165) is 5.56 Å². The van der Waals surface area contributed by atoms with Crippen molar-refractivity contribution in [3.05, 3.63) is 58.9 Å². The molecule has 3 rings (SSSR count). The first-order chi connectivity index (χ1) is 11.0. The van der Waals surface area contributed by atoms with E-state index in [1.165, 1.54) is 0 Å². The minimum Gasteiger partial charge on any atom is -0.481 e. The van der Waals surface area contributed by atoms with Crippen molar-refractivity contribution in [3.63, 3.8) is 0 Å². The van der Waals surface area contributed by atoms with Gasteiger partial charge in [-0.25, -0.2) is 4.98 Å². The van der Waals surface area contributed by atoms with Crippen LogP contribution in [0.5, 0.6) is 0 Å². The van der Waals surface area contributed by atoms with E-state index < -0.39 is 5.97 Å². The Hall–Kier alpha value is -2.73.